The van der Waals surface area contributed by atoms with Gasteiger partial charge in [0.2, 0.25) is 0 Å². The summed E-state index contributed by atoms with van der Waals surface area (Å²) in [4.78, 5) is 12.8. The fourth-order valence-corrected chi connectivity index (χ4v) is 1.28. The summed E-state index contributed by atoms with van der Waals surface area (Å²) in [5.41, 5.74) is 0. The smallest absolute Gasteiger partial charge is 0.0919 e. The van der Waals surface area contributed by atoms with Gasteiger partial charge in [0.05, 0.1) is 12.7 Å². The Morgan fingerprint density at radius 3 is 1.33 bits per heavy atom. The van der Waals surface area contributed by atoms with Crippen LogP contribution in [0.3, 0.4) is 0 Å². The normalized spacial score (nSPS) is 8.78. The Morgan fingerprint density at radius 1 is 0.722 bits per heavy atom. The maximum Gasteiger partial charge on any atom is 0.0919 e. The molecule has 0 fully saturated rings. The van der Waals surface area contributed by atoms with Crippen molar-refractivity contribution in [2.24, 2.45) is 0 Å². The lowest BCUT2D eigenvalue weighted by Crippen LogP contribution is -1.73. The molecule has 102 valence electrons. The van der Waals surface area contributed by atoms with Crippen LogP contribution in [0.25, 0.3) is 0 Å². The van der Waals surface area contributed by atoms with Crippen LogP contribution in [0.2, 0.25) is 0 Å². The fourth-order valence-electron chi connectivity index (χ4n) is 1.28. The van der Waals surface area contributed by atoms with Crippen LogP contribution in [0.1, 0.15) is 52.4 Å². The number of hydrogen-bond donors (Lipinski definition) is 2. The van der Waals surface area contributed by atoms with Crippen molar-refractivity contribution in [3.05, 3.63) is 37.4 Å². The predicted molar refractivity (Wildman–Crippen MR) is 76.2 cm³/mol. The van der Waals surface area contributed by atoms with Crippen molar-refractivity contribution < 1.29 is 0 Å². The molecule has 2 aromatic rings. The summed E-state index contributed by atoms with van der Waals surface area (Å²) < 4.78 is 0. The molecule has 0 amide bonds. The molecular formula is C14H26N4. The molecule has 0 unspecified atom stereocenters. The molecule has 0 aliphatic rings. The Hall–Kier alpha value is -1.58. The first-order valence-corrected chi connectivity index (χ1v) is 6.77. The highest BCUT2D eigenvalue weighted by Gasteiger charge is 1.83. The predicted octanol–water partition coefficient (Wildman–Crippen LogP) is 4.19. The molecule has 0 aromatic carbocycles. The van der Waals surface area contributed by atoms with Crippen molar-refractivity contribution in [2.75, 3.05) is 0 Å². The highest BCUT2D eigenvalue weighted by atomic mass is 14.8. The van der Waals surface area contributed by atoms with E-state index in [1.807, 2.05) is 0 Å². The molecule has 2 heterocycles. The van der Waals surface area contributed by atoms with Crippen LogP contribution in [0, 0.1) is 0 Å². The molecule has 0 saturated carbocycles. The van der Waals surface area contributed by atoms with Crippen molar-refractivity contribution in [2.45, 2.75) is 52.4 Å². The molecule has 0 aliphatic carbocycles. The molecule has 2 N–H and O–H groups in total. The molecule has 0 radical (unpaired) electrons. The second-order valence-electron chi connectivity index (χ2n) is 3.94. The molecule has 0 spiro atoms. The number of unbranched alkanes of at least 4 members (excludes halogenated alkanes) is 5. The lowest BCUT2D eigenvalue weighted by molar-refractivity contribution is 0.624. The molecule has 18 heavy (non-hydrogen) atoms. The minimum atomic E-state index is 1.36. The van der Waals surface area contributed by atoms with Crippen molar-refractivity contribution in [3.8, 4) is 0 Å². The van der Waals surface area contributed by atoms with E-state index >= 15 is 0 Å². The van der Waals surface area contributed by atoms with E-state index in [2.05, 4.69) is 33.8 Å². The van der Waals surface area contributed by atoms with Gasteiger partial charge < -0.3 is 9.97 Å². The molecule has 2 rings (SSSR count). The van der Waals surface area contributed by atoms with Crippen LogP contribution in [-0.4, -0.2) is 19.9 Å². The third-order valence-corrected chi connectivity index (χ3v) is 2.27. The van der Waals surface area contributed by atoms with E-state index in [1.54, 1.807) is 37.4 Å². The van der Waals surface area contributed by atoms with E-state index in [-0.39, 0.29) is 0 Å². The van der Waals surface area contributed by atoms with Gasteiger partial charge in [0.1, 0.15) is 0 Å². The van der Waals surface area contributed by atoms with Gasteiger partial charge in [0.25, 0.3) is 0 Å². The number of hydrogen-bond acceptors (Lipinski definition) is 2. The average Bonchev–Trinajstić information content (AvgIpc) is 3.12. The van der Waals surface area contributed by atoms with Gasteiger partial charge in [-0.05, 0) is 0 Å². The van der Waals surface area contributed by atoms with Gasteiger partial charge in [0, 0.05) is 24.8 Å². The molecule has 4 nitrogen and oxygen atoms in total. The zero-order valence-electron chi connectivity index (χ0n) is 11.6. The Morgan fingerprint density at radius 2 is 1.17 bits per heavy atom. The van der Waals surface area contributed by atoms with Crippen LogP contribution < -0.4 is 0 Å². The SMILES string of the molecule is CCCCCCCC.c1c[nH]cn1.c1c[nH]cn1. The minimum absolute atomic E-state index is 1.36. The first-order chi connectivity index (χ1) is 8.91. The first kappa shape index (κ1) is 16.4. The Kier molecular flexibility index (Phi) is 14.1. The lowest BCUT2D eigenvalue weighted by atomic mass is 10.1. The molecule has 2 aromatic heterocycles. The second kappa shape index (κ2) is 15.4. The maximum atomic E-state index is 3.67. The van der Waals surface area contributed by atoms with Crippen molar-refractivity contribution in [1.82, 2.24) is 19.9 Å². The summed E-state index contributed by atoms with van der Waals surface area (Å²) in [6.07, 6.45) is 18.7. The van der Waals surface area contributed by atoms with E-state index in [4.69, 9.17) is 0 Å². The van der Waals surface area contributed by atoms with E-state index in [0.717, 1.165) is 0 Å². The Bertz CT molecular complexity index is 223. The lowest BCUT2D eigenvalue weighted by Gasteiger charge is -1.93. The first-order valence-electron chi connectivity index (χ1n) is 6.77. The summed E-state index contributed by atoms with van der Waals surface area (Å²) in [6, 6.07) is 0. The van der Waals surface area contributed by atoms with Gasteiger partial charge in [-0.3, -0.25) is 0 Å². The summed E-state index contributed by atoms with van der Waals surface area (Å²) in [5, 5.41) is 0. The van der Waals surface area contributed by atoms with Gasteiger partial charge in [0.15, 0.2) is 0 Å². The van der Waals surface area contributed by atoms with Gasteiger partial charge in [-0.1, -0.05) is 52.4 Å². The number of imidazole rings is 2. The standard InChI is InChI=1S/C8H18.2C3H4N2/c1-3-5-7-8-6-4-2;2*1-2-5-3-4-1/h3-8H2,1-2H3;2*1-3H,(H,4,5). The molecule has 0 atom stereocenters. The zero-order valence-corrected chi connectivity index (χ0v) is 11.6. The zero-order chi connectivity index (χ0) is 13.3. The fraction of sp³-hybridized carbons (Fsp3) is 0.571. The number of H-pyrrole nitrogens is 2. The molecule has 0 saturated heterocycles. The molecule has 4 heteroatoms. The molecular weight excluding hydrogens is 224 g/mol. The van der Waals surface area contributed by atoms with E-state index in [1.165, 1.54) is 38.5 Å². The highest BCUT2D eigenvalue weighted by Crippen LogP contribution is 2.03. The molecule has 0 aliphatic heterocycles. The minimum Gasteiger partial charge on any atom is -0.351 e. The van der Waals surface area contributed by atoms with Crippen molar-refractivity contribution >= 4 is 0 Å². The summed E-state index contributed by atoms with van der Waals surface area (Å²) >= 11 is 0. The van der Waals surface area contributed by atoms with E-state index in [9.17, 15) is 0 Å². The number of aromatic nitrogens is 4. The van der Waals surface area contributed by atoms with Gasteiger partial charge >= 0.3 is 0 Å². The van der Waals surface area contributed by atoms with E-state index < -0.39 is 0 Å². The third kappa shape index (κ3) is 14.4. The average molecular weight is 250 g/mol. The van der Waals surface area contributed by atoms with Crippen LogP contribution in [0.4, 0.5) is 0 Å². The maximum absolute atomic E-state index is 3.67. The summed E-state index contributed by atoms with van der Waals surface area (Å²) in [7, 11) is 0. The topological polar surface area (TPSA) is 57.4 Å². The van der Waals surface area contributed by atoms with Crippen LogP contribution in [0.5, 0.6) is 0 Å². The number of rotatable bonds is 5. The highest BCUT2D eigenvalue weighted by molar-refractivity contribution is 4.65. The monoisotopic (exact) mass is 250 g/mol. The largest absolute Gasteiger partial charge is 0.351 e. The van der Waals surface area contributed by atoms with Crippen LogP contribution in [0.15, 0.2) is 37.4 Å². The second-order valence-corrected chi connectivity index (χ2v) is 3.94. The van der Waals surface area contributed by atoms with Crippen molar-refractivity contribution in [1.29, 1.82) is 0 Å². The van der Waals surface area contributed by atoms with Gasteiger partial charge in [-0.2, -0.15) is 0 Å². The Balaban J connectivity index is 0.000000250. The van der Waals surface area contributed by atoms with Gasteiger partial charge in [-0.25, -0.2) is 9.97 Å². The summed E-state index contributed by atoms with van der Waals surface area (Å²) in [6.45, 7) is 4.51. The summed E-state index contributed by atoms with van der Waals surface area (Å²) in [5.74, 6) is 0. The quantitative estimate of drug-likeness (QED) is 0.782. The van der Waals surface area contributed by atoms with E-state index in [0.29, 0.717) is 0 Å². The number of nitrogens with one attached hydrogen (secondary N) is 2. The number of nitrogens with zero attached hydrogens (tertiary/aromatic N) is 2. The third-order valence-electron chi connectivity index (χ3n) is 2.27. The van der Waals surface area contributed by atoms with Crippen LogP contribution in [-0.2, 0) is 0 Å². The number of aromatic amines is 2. The van der Waals surface area contributed by atoms with Gasteiger partial charge in [-0.15, -0.1) is 0 Å². The Labute approximate surface area is 110 Å². The molecule has 0 bridgehead atoms. The van der Waals surface area contributed by atoms with Crippen molar-refractivity contribution in [3.63, 3.8) is 0 Å². The van der Waals surface area contributed by atoms with Crippen LogP contribution >= 0.6 is 0 Å².